The molecule has 0 atom stereocenters. The molecule has 0 aliphatic carbocycles. The quantitative estimate of drug-likeness (QED) is 0.435. The highest BCUT2D eigenvalue weighted by Crippen LogP contribution is 2.28. The molecule has 3 aliphatic heterocycles. The predicted octanol–water partition coefficient (Wildman–Crippen LogP) is 4.46. The first-order chi connectivity index (χ1) is 19.5. The number of rotatable bonds is 7. The van der Waals surface area contributed by atoms with Gasteiger partial charge < -0.3 is 30.7 Å². The van der Waals surface area contributed by atoms with Crippen molar-refractivity contribution in [3.63, 3.8) is 0 Å². The number of benzene rings is 1. The normalized spacial score (nSPS) is 18.9. The Hall–Kier alpha value is -3.32. The van der Waals surface area contributed by atoms with Crippen LogP contribution in [0.1, 0.15) is 48.0 Å². The van der Waals surface area contributed by atoms with Gasteiger partial charge in [-0.05, 0) is 49.4 Å². The standard InChI is InChI=1S/C27H34ClF3N8O2/c1-37-16-17-14-20(2-3-21(17)24(37)40)34-25-32-15-22(28)23(36-25)33-18-6-11-39(12-7-18)26(41)35-19-4-9-38(10-5-19)13-8-27(29,30)31/h2-3,14-15,18-19H,4-13,16H2,1H3,(H,35,41)(H2,32,33,34,36). The maximum atomic E-state index is 12.8. The number of alkyl halides is 3. The van der Waals surface area contributed by atoms with Crippen molar-refractivity contribution in [3.05, 3.63) is 40.5 Å². The summed E-state index contributed by atoms with van der Waals surface area (Å²) in [5.41, 5.74) is 2.41. The van der Waals surface area contributed by atoms with Crippen LogP contribution in [0.15, 0.2) is 24.4 Å². The summed E-state index contributed by atoms with van der Waals surface area (Å²) >= 11 is 6.38. The number of fused-ring (bicyclic) bond motifs is 1. The fourth-order valence-electron chi connectivity index (χ4n) is 5.47. The van der Waals surface area contributed by atoms with Crippen molar-refractivity contribution in [2.75, 3.05) is 50.4 Å². The molecule has 2 aromatic rings. The molecule has 2 fully saturated rings. The molecule has 41 heavy (non-hydrogen) atoms. The molecule has 1 aromatic heterocycles. The van der Waals surface area contributed by atoms with E-state index in [1.807, 2.05) is 12.1 Å². The number of likely N-dealkylation sites (tertiary alicyclic amines) is 2. The van der Waals surface area contributed by atoms with E-state index >= 15 is 0 Å². The molecule has 0 spiro atoms. The summed E-state index contributed by atoms with van der Waals surface area (Å²) in [6.45, 7) is 2.78. The molecule has 3 amide bonds. The van der Waals surface area contributed by atoms with Gasteiger partial charge in [-0.25, -0.2) is 9.78 Å². The summed E-state index contributed by atoms with van der Waals surface area (Å²) in [5, 5.41) is 10.00. The molecule has 1 aromatic carbocycles. The molecular weight excluding hydrogens is 561 g/mol. The SMILES string of the molecule is CN1Cc2cc(Nc3ncc(Cl)c(NC4CCN(C(=O)NC5CCN(CCC(F)(F)F)CC5)CC4)n3)ccc2C1=O. The van der Waals surface area contributed by atoms with Gasteiger partial charge in [0.05, 0.1) is 12.6 Å². The third-order valence-corrected chi connectivity index (χ3v) is 8.12. The van der Waals surface area contributed by atoms with E-state index in [1.54, 1.807) is 27.8 Å². The van der Waals surface area contributed by atoms with Crippen LogP contribution in [-0.4, -0.2) is 94.6 Å². The zero-order chi connectivity index (χ0) is 29.1. The predicted molar refractivity (Wildman–Crippen MR) is 149 cm³/mol. The van der Waals surface area contributed by atoms with E-state index in [1.165, 1.54) is 6.20 Å². The summed E-state index contributed by atoms with van der Waals surface area (Å²) in [4.78, 5) is 39.0. The van der Waals surface area contributed by atoms with E-state index in [0.717, 1.165) is 11.3 Å². The minimum Gasteiger partial charge on any atom is -0.366 e. The minimum atomic E-state index is -4.15. The first-order valence-electron chi connectivity index (χ1n) is 13.8. The topological polar surface area (TPSA) is 106 Å². The van der Waals surface area contributed by atoms with Crippen LogP contribution in [0, 0.1) is 0 Å². The van der Waals surface area contributed by atoms with Crippen LogP contribution in [0.3, 0.4) is 0 Å². The number of nitrogens with one attached hydrogen (secondary N) is 3. The number of hydrogen-bond acceptors (Lipinski definition) is 7. The molecule has 222 valence electrons. The summed E-state index contributed by atoms with van der Waals surface area (Å²) in [6, 6.07) is 5.44. The number of anilines is 3. The summed E-state index contributed by atoms with van der Waals surface area (Å²) in [5.74, 6) is 0.879. The van der Waals surface area contributed by atoms with Crippen molar-refractivity contribution in [1.82, 2.24) is 30.0 Å². The molecule has 4 heterocycles. The number of carbonyl (C=O) groups is 2. The molecule has 2 saturated heterocycles. The van der Waals surface area contributed by atoms with E-state index < -0.39 is 12.6 Å². The van der Waals surface area contributed by atoms with E-state index in [-0.39, 0.29) is 30.6 Å². The first-order valence-corrected chi connectivity index (χ1v) is 14.2. The first kappa shape index (κ1) is 29.2. The maximum absolute atomic E-state index is 12.8. The van der Waals surface area contributed by atoms with Gasteiger partial charge in [-0.3, -0.25) is 4.79 Å². The zero-order valence-electron chi connectivity index (χ0n) is 22.8. The summed E-state index contributed by atoms with van der Waals surface area (Å²) < 4.78 is 37.4. The molecule has 0 bridgehead atoms. The number of urea groups is 1. The third kappa shape index (κ3) is 7.50. The Kier molecular flexibility index (Phi) is 8.74. The van der Waals surface area contributed by atoms with Gasteiger partial charge in [-0.15, -0.1) is 0 Å². The monoisotopic (exact) mass is 594 g/mol. The van der Waals surface area contributed by atoms with Crippen molar-refractivity contribution in [2.24, 2.45) is 0 Å². The molecule has 0 saturated carbocycles. The zero-order valence-corrected chi connectivity index (χ0v) is 23.6. The molecule has 14 heteroatoms. The number of amides is 3. The summed E-state index contributed by atoms with van der Waals surface area (Å²) in [6.07, 6.45) is -0.720. The molecule has 10 nitrogen and oxygen atoms in total. The highest BCUT2D eigenvalue weighted by atomic mass is 35.5. The number of hydrogen-bond donors (Lipinski definition) is 3. The molecular formula is C27H34ClF3N8O2. The Morgan fingerprint density at radius 1 is 1.10 bits per heavy atom. The minimum absolute atomic E-state index is 0.00654. The van der Waals surface area contributed by atoms with Gasteiger partial charge in [0.15, 0.2) is 5.82 Å². The molecule has 3 aliphatic rings. The van der Waals surface area contributed by atoms with Crippen molar-refractivity contribution in [1.29, 1.82) is 0 Å². The van der Waals surface area contributed by atoms with Crippen LogP contribution in [0.2, 0.25) is 5.02 Å². The highest BCUT2D eigenvalue weighted by molar-refractivity contribution is 6.32. The Morgan fingerprint density at radius 3 is 2.51 bits per heavy atom. The fourth-order valence-corrected chi connectivity index (χ4v) is 5.62. The van der Waals surface area contributed by atoms with E-state index in [4.69, 9.17) is 11.6 Å². The van der Waals surface area contributed by atoms with Crippen LogP contribution in [0.25, 0.3) is 0 Å². The number of piperidine rings is 2. The average Bonchev–Trinajstić information content (AvgIpc) is 3.22. The number of aromatic nitrogens is 2. The van der Waals surface area contributed by atoms with Crippen LogP contribution in [0.4, 0.5) is 35.4 Å². The maximum Gasteiger partial charge on any atom is 0.390 e. The second-order valence-electron chi connectivity index (χ2n) is 10.9. The van der Waals surface area contributed by atoms with Gasteiger partial charge in [0.25, 0.3) is 5.91 Å². The number of nitrogens with zero attached hydrogens (tertiary/aromatic N) is 5. The van der Waals surface area contributed by atoms with E-state index in [0.29, 0.717) is 80.8 Å². The van der Waals surface area contributed by atoms with Gasteiger partial charge in [-0.1, -0.05) is 11.6 Å². The van der Waals surface area contributed by atoms with Gasteiger partial charge >= 0.3 is 12.2 Å². The van der Waals surface area contributed by atoms with Gasteiger partial charge in [0.2, 0.25) is 5.95 Å². The van der Waals surface area contributed by atoms with Crippen molar-refractivity contribution >= 4 is 41.0 Å². The summed E-state index contributed by atoms with van der Waals surface area (Å²) in [7, 11) is 1.77. The van der Waals surface area contributed by atoms with E-state index in [9.17, 15) is 22.8 Å². The van der Waals surface area contributed by atoms with Crippen molar-refractivity contribution in [2.45, 2.75) is 56.9 Å². The molecule has 3 N–H and O–H groups in total. The highest BCUT2D eigenvalue weighted by Gasteiger charge is 2.30. The molecule has 5 rings (SSSR count). The lowest BCUT2D eigenvalue weighted by Gasteiger charge is -2.36. The second kappa shape index (κ2) is 12.3. The van der Waals surface area contributed by atoms with Crippen LogP contribution in [0.5, 0.6) is 0 Å². The van der Waals surface area contributed by atoms with Gasteiger partial charge in [-0.2, -0.15) is 18.2 Å². The Balaban J connectivity index is 1.08. The van der Waals surface area contributed by atoms with Gasteiger partial charge in [0.1, 0.15) is 5.02 Å². The third-order valence-electron chi connectivity index (χ3n) is 7.84. The Bertz CT molecular complexity index is 1260. The van der Waals surface area contributed by atoms with Crippen LogP contribution in [-0.2, 0) is 6.54 Å². The number of carbonyl (C=O) groups excluding carboxylic acids is 2. The van der Waals surface area contributed by atoms with Crippen molar-refractivity contribution in [3.8, 4) is 0 Å². The average molecular weight is 595 g/mol. The largest absolute Gasteiger partial charge is 0.390 e. The van der Waals surface area contributed by atoms with Crippen LogP contribution >= 0.6 is 11.6 Å². The fraction of sp³-hybridized carbons (Fsp3) is 0.556. The van der Waals surface area contributed by atoms with E-state index in [2.05, 4.69) is 25.9 Å². The lowest BCUT2D eigenvalue weighted by molar-refractivity contribution is -0.138. The van der Waals surface area contributed by atoms with Crippen LogP contribution < -0.4 is 16.0 Å². The lowest BCUT2D eigenvalue weighted by atomic mass is 10.0. The number of halogens is 4. The molecule has 0 radical (unpaired) electrons. The van der Waals surface area contributed by atoms with Gasteiger partial charge in [0, 0.05) is 69.7 Å². The lowest BCUT2D eigenvalue weighted by Crippen LogP contribution is -2.52. The molecule has 0 unspecified atom stereocenters. The second-order valence-corrected chi connectivity index (χ2v) is 11.3. The smallest absolute Gasteiger partial charge is 0.366 e. The Morgan fingerprint density at radius 2 is 1.80 bits per heavy atom. The Labute approximate surface area is 241 Å². The van der Waals surface area contributed by atoms with Crippen molar-refractivity contribution < 1.29 is 22.8 Å².